The Bertz CT molecular complexity index is 981. The van der Waals surface area contributed by atoms with Crippen molar-refractivity contribution in [1.29, 1.82) is 0 Å². The third kappa shape index (κ3) is 3.71. The Balaban J connectivity index is 3.05. The van der Waals surface area contributed by atoms with Crippen molar-refractivity contribution >= 4 is 17.8 Å². The van der Waals surface area contributed by atoms with Gasteiger partial charge in [-0.15, -0.1) is 0 Å². The van der Waals surface area contributed by atoms with Crippen LogP contribution in [0.15, 0.2) is 23.0 Å². The maximum atomic E-state index is 13.1. The Hall–Kier alpha value is -3.50. The second-order valence-corrected chi connectivity index (χ2v) is 5.24. The summed E-state index contributed by atoms with van der Waals surface area (Å²) in [6.07, 6.45) is -4.81. The first kappa shape index (κ1) is 19.8. The average Bonchev–Trinajstić information content (AvgIpc) is 2.52. The van der Waals surface area contributed by atoms with E-state index in [0.29, 0.717) is 12.1 Å². The van der Waals surface area contributed by atoms with E-state index in [9.17, 15) is 37.8 Å². The first-order chi connectivity index (χ1) is 12.5. The van der Waals surface area contributed by atoms with Crippen molar-refractivity contribution in [1.82, 2.24) is 4.98 Å². The largest absolute Gasteiger partial charge is 0.493 e. The number of anilines is 1. The van der Waals surface area contributed by atoms with Crippen molar-refractivity contribution < 1.29 is 37.7 Å². The highest BCUT2D eigenvalue weighted by molar-refractivity contribution is 6.08. The van der Waals surface area contributed by atoms with Crippen molar-refractivity contribution in [2.24, 2.45) is 0 Å². The van der Waals surface area contributed by atoms with Crippen LogP contribution in [0.2, 0.25) is 0 Å². The standard InChI is InChI=1S/C16H13F3N2O6/c1-2-27-8-4-3-6(16(17,18)19)5-7(8)9-10(14(23)24)12(20)21-13(22)11(9)15(25)26/h3-5H,2H2,1H3,(H,23,24)(H,25,26)(H3,20,21,22). The van der Waals surface area contributed by atoms with Gasteiger partial charge in [0.1, 0.15) is 22.7 Å². The minimum Gasteiger partial charge on any atom is -0.493 e. The molecule has 0 spiro atoms. The van der Waals surface area contributed by atoms with Crippen molar-refractivity contribution in [3.8, 4) is 16.9 Å². The molecule has 5 N–H and O–H groups in total. The number of carboxylic acid groups (broad SMARTS) is 2. The number of hydrogen-bond donors (Lipinski definition) is 4. The molecule has 0 aliphatic heterocycles. The summed E-state index contributed by atoms with van der Waals surface area (Å²) < 4.78 is 44.5. The Labute approximate surface area is 149 Å². The Morgan fingerprint density at radius 1 is 1.19 bits per heavy atom. The molecule has 0 radical (unpaired) electrons. The summed E-state index contributed by atoms with van der Waals surface area (Å²) in [5, 5.41) is 18.7. The predicted molar refractivity (Wildman–Crippen MR) is 87.0 cm³/mol. The van der Waals surface area contributed by atoms with Crippen LogP contribution in [0.5, 0.6) is 5.75 Å². The summed E-state index contributed by atoms with van der Waals surface area (Å²) in [7, 11) is 0. The summed E-state index contributed by atoms with van der Waals surface area (Å²) in [6, 6.07) is 2.11. The van der Waals surface area contributed by atoms with E-state index >= 15 is 0 Å². The summed E-state index contributed by atoms with van der Waals surface area (Å²) in [5.74, 6) is -4.51. The number of aromatic nitrogens is 1. The number of rotatable bonds is 5. The molecule has 0 amide bonds. The van der Waals surface area contributed by atoms with E-state index in [4.69, 9.17) is 10.5 Å². The quantitative estimate of drug-likeness (QED) is 0.618. The van der Waals surface area contributed by atoms with Crippen LogP contribution in [0.3, 0.4) is 0 Å². The van der Waals surface area contributed by atoms with Crippen LogP contribution in [-0.4, -0.2) is 33.7 Å². The highest BCUT2D eigenvalue weighted by Gasteiger charge is 2.34. The van der Waals surface area contributed by atoms with Gasteiger partial charge >= 0.3 is 18.1 Å². The molecule has 0 fully saturated rings. The summed E-state index contributed by atoms with van der Waals surface area (Å²) >= 11 is 0. The van der Waals surface area contributed by atoms with Gasteiger partial charge in [-0.25, -0.2) is 9.59 Å². The number of halogens is 3. The Morgan fingerprint density at radius 2 is 1.78 bits per heavy atom. The molecule has 1 heterocycles. The van der Waals surface area contributed by atoms with Crippen LogP contribution in [0.25, 0.3) is 11.1 Å². The van der Waals surface area contributed by atoms with Gasteiger partial charge in [0.25, 0.3) is 5.56 Å². The Morgan fingerprint density at radius 3 is 2.26 bits per heavy atom. The monoisotopic (exact) mass is 386 g/mol. The number of nitrogens with two attached hydrogens (primary N) is 1. The number of nitrogens with one attached hydrogen (secondary N) is 1. The average molecular weight is 386 g/mol. The van der Waals surface area contributed by atoms with Gasteiger partial charge < -0.3 is 25.7 Å². The lowest BCUT2D eigenvalue weighted by Gasteiger charge is -2.17. The fourth-order valence-electron chi connectivity index (χ4n) is 2.50. The second kappa shape index (κ2) is 7.02. The fourth-order valence-corrected chi connectivity index (χ4v) is 2.50. The smallest absolute Gasteiger partial charge is 0.416 e. The van der Waals surface area contributed by atoms with Gasteiger partial charge in [-0.3, -0.25) is 4.79 Å². The number of benzene rings is 1. The fraction of sp³-hybridized carbons (Fsp3) is 0.188. The molecule has 1 aromatic carbocycles. The molecule has 0 unspecified atom stereocenters. The van der Waals surface area contributed by atoms with Gasteiger partial charge in [-0.2, -0.15) is 13.2 Å². The van der Waals surface area contributed by atoms with Gasteiger partial charge in [-0.05, 0) is 25.1 Å². The SMILES string of the molecule is CCOc1ccc(C(F)(F)F)cc1-c1c(C(=O)O)c(N)[nH]c(=O)c1C(=O)O. The Kier molecular flexibility index (Phi) is 5.15. The van der Waals surface area contributed by atoms with Crippen LogP contribution >= 0.6 is 0 Å². The maximum Gasteiger partial charge on any atom is 0.416 e. The third-order valence-electron chi connectivity index (χ3n) is 3.55. The van der Waals surface area contributed by atoms with Gasteiger partial charge in [-0.1, -0.05) is 0 Å². The topological polar surface area (TPSA) is 143 Å². The lowest BCUT2D eigenvalue weighted by molar-refractivity contribution is -0.137. The molecule has 1 aromatic heterocycles. The first-order valence-electron chi connectivity index (χ1n) is 7.35. The van der Waals surface area contributed by atoms with Gasteiger partial charge in [0, 0.05) is 11.1 Å². The molecule has 0 aliphatic carbocycles. The number of carbonyl (C=O) groups is 2. The second-order valence-electron chi connectivity index (χ2n) is 5.24. The molecule has 8 nitrogen and oxygen atoms in total. The molecule has 0 saturated heterocycles. The normalized spacial score (nSPS) is 11.3. The van der Waals surface area contributed by atoms with Crippen molar-refractivity contribution in [2.45, 2.75) is 13.1 Å². The van der Waals surface area contributed by atoms with Crippen LogP contribution in [0.4, 0.5) is 19.0 Å². The zero-order valence-electron chi connectivity index (χ0n) is 13.7. The lowest BCUT2D eigenvalue weighted by atomic mass is 9.93. The zero-order chi connectivity index (χ0) is 20.5. The molecule has 0 aliphatic rings. The molecule has 0 saturated carbocycles. The summed E-state index contributed by atoms with van der Waals surface area (Å²) in [4.78, 5) is 37.0. The minimum atomic E-state index is -4.81. The van der Waals surface area contributed by atoms with Crippen LogP contribution < -0.4 is 16.0 Å². The number of hydrogen-bond acceptors (Lipinski definition) is 5. The van der Waals surface area contributed by atoms with Gasteiger partial charge in [0.05, 0.1) is 12.2 Å². The minimum absolute atomic E-state index is 0.0121. The lowest BCUT2D eigenvalue weighted by Crippen LogP contribution is -2.24. The van der Waals surface area contributed by atoms with Crippen molar-refractivity contribution in [3.05, 3.63) is 45.2 Å². The number of pyridine rings is 1. The van der Waals surface area contributed by atoms with Crippen LogP contribution in [0.1, 0.15) is 33.2 Å². The molecule has 144 valence electrons. The number of alkyl halides is 3. The molecule has 0 bridgehead atoms. The highest BCUT2D eigenvalue weighted by Crippen LogP contribution is 2.40. The van der Waals surface area contributed by atoms with E-state index in [1.54, 1.807) is 0 Å². The number of aromatic carboxylic acids is 2. The van der Waals surface area contributed by atoms with Crippen LogP contribution in [0, 0.1) is 0 Å². The highest BCUT2D eigenvalue weighted by atomic mass is 19.4. The zero-order valence-corrected chi connectivity index (χ0v) is 13.7. The van der Waals surface area contributed by atoms with Crippen molar-refractivity contribution in [2.75, 3.05) is 12.3 Å². The van der Waals surface area contributed by atoms with Crippen molar-refractivity contribution in [3.63, 3.8) is 0 Å². The van der Waals surface area contributed by atoms with Gasteiger partial charge in [0.2, 0.25) is 0 Å². The number of ether oxygens (including phenoxy) is 1. The number of H-pyrrole nitrogens is 1. The molecular weight excluding hydrogens is 373 g/mol. The summed E-state index contributed by atoms with van der Waals surface area (Å²) in [6.45, 7) is 1.51. The molecule has 2 aromatic rings. The predicted octanol–water partition coefficient (Wildman–Crippen LogP) is 2.44. The number of aromatic amines is 1. The first-order valence-corrected chi connectivity index (χ1v) is 7.35. The van der Waals surface area contributed by atoms with Crippen LogP contribution in [-0.2, 0) is 6.18 Å². The third-order valence-corrected chi connectivity index (χ3v) is 3.55. The van der Waals surface area contributed by atoms with Gasteiger partial charge in [0.15, 0.2) is 0 Å². The van der Waals surface area contributed by atoms with E-state index in [2.05, 4.69) is 0 Å². The van der Waals surface area contributed by atoms with E-state index in [-0.39, 0.29) is 12.4 Å². The van der Waals surface area contributed by atoms with E-state index in [0.717, 1.165) is 6.07 Å². The van der Waals surface area contributed by atoms with E-state index in [1.165, 1.54) is 6.92 Å². The molecule has 27 heavy (non-hydrogen) atoms. The summed E-state index contributed by atoms with van der Waals surface area (Å²) in [5.41, 5.74) is -0.189. The molecular formula is C16H13F3N2O6. The molecule has 11 heteroatoms. The van der Waals surface area contributed by atoms with E-state index < -0.39 is 57.3 Å². The van der Waals surface area contributed by atoms with E-state index in [1.807, 2.05) is 4.98 Å². The number of nitrogen functional groups attached to an aromatic ring is 1. The number of carboxylic acids is 2. The maximum absolute atomic E-state index is 13.1. The molecule has 2 rings (SSSR count). The molecule has 0 atom stereocenters.